The van der Waals surface area contributed by atoms with Crippen LogP contribution in [0.5, 0.6) is 11.5 Å². The lowest BCUT2D eigenvalue weighted by atomic mass is 10.0. The molecule has 1 saturated heterocycles. The molecular formula is C23H26O6. The topological polar surface area (TPSA) is 69.7 Å². The molecule has 6 heteroatoms. The maximum Gasteiger partial charge on any atom is 0.135 e. The predicted octanol–water partition coefficient (Wildman–Crippen LogP) is 3.53. The molecule has 1 N–H and O–H groups in total. The van der Waals surface area contributed by atoms with E-state index >= 15 is 0 Å². The fourth-order valence-electron chi connectivity index (χ4n) is 3.24. The fourth-order valence-corrected chi connectivity index (χ4v) is 3.24. The second kappa shape index (κ2) is 9.89. The van der Waals surface area contributed by atoms with Crippen molar-refractivity contribution in [2.75, 3.05) is 52.9 Å². The number of hydrogen-bond donors (Lipinski definition) is 1. The molecule has 1 atom stereocenters. The Hall–Kier alpha value is -2.38. The summed E-state index contributed by atoms with van der Waals surface area (Å²) in [6.07, 6.45) is 0.293. The molecule has 1 unspecified atom stereocenters. The summed E-state index contributed by atoms with van der Waals surface area (Å²) in [5.41, 5.74) is 0. The quantitative estimate of drug-likeness (QED) is 0.286. The van der Waals surface area contributed by atoms with Gasteiger partial charge in [0.05, 0.1) is 46.2 Å². The van der Waals surface area contributed by atoms with E-state index in [1.165, 1.54) is 0 Å². The van der Waals surface area contributed by atoms with Crippen molar-refractivity contribution in [2.24, 2.45) is 0 Å². The Balaban J connectivity index is 1.23. The van der Waals surface area contributed by atoms with E-state index in [9.17, 15) is 5.11 Å². The minimum Gasteiger partial charge on any atom is -0.507 e. The van der Waals surface area contributed by atoms with Gasteiger partial charge >= 0.3 is 0 Å². The molecule has 0 radical (unpaired) electrons. The number of fused-ring (bicyclic) bond motifs is 2. The lowest BCUT2D eigenvalue weighted by Gasteiger charge is -2.15. The summed E-state index contributed by atoms with van der Waals surface area (Å²) >= 11 is 0. The summed E-state index contributed by atoms with van der Waals surface area (Å²) in [6, 6.07) is 15.4. The molecule has 3 aromatic carbocycles. The number of benzene rings is 3. The maximum atomic E-state index is 10.6. The molecule has 1 fully saturated rings. The Kier molecular flexibility index (Phi) is 6.79. The van der Waals surface area contributed by atoms with Crippen LogP contribution >= 0.6 is 0 Å². The van der Waals surface area contributed by atoms with E-state index in [4.69, 9.17) is 23.7 Å². The summed E-state index contributed by atoms with van der Waals surface area (Å²) in [7, 11) is 0. The molecule has 1 aliphatic heterocycles. The van der Waals surface area contributed by atoms with Crippen molar-refractivity contribution >= 4 is 21.5 Å². The molecule has 0 aromatic heterocycles. The van der Waals surface area contributed by atoms with Crippen LogP contribution in [0.1, 0.15) is 0 Å². The van der Waals surface area contributed by atoms with Crippen molar-refractivity contribution in [2.45, 2.75) is 6.10 Å². The van der Waals surface area contributed by atoms with E-state index < -0.39 is 0 Å². The van der Waals surface area contributed by atoms with Crippen molar-refractivity contribution < 1.29 is 28.8 Å². The van der Waals surface area contributed by atoms with Crippen molar-refractivity contribution in [3.8, 4) is 11.5 Å². The standard InChI is InChI=1S/C23H26O6/c24-22-18-5-1-3-7-20(18)23(21-8-4-2-6-19(21)22)28-14-13-26-10-9-25-11-12-27-15-17-16-29-17/h1-8,17,24H,9-16H2. The van der Waals surface area contributed by atoms with E-state index in [1.807, 2.05) is 48.5 Å². The van der Waals surface area contributed by atoms with Crippen LogP contribution < -0.4 is 4.74 Å². The third-order valence-corrected chi connectivity index (χ3v) is 4.78. The SMILES string of the molecule is Oc1c2ccccc2c(OCCOCCOCCOCC2CO2)c2ccccc12. The van der Waals surface area contributed by atoms with Gasteiger partial charge in [-0.15, -0.1) is 0 Å². The van der Waals surface area contributed by atoms with Gasteiger partial charge in [0.25, 0.3) is 0 Å². The van der Waals surface area contributed by atoms with Gasteiger partial charge in [-0.05, 0) is 0 Å². The summed E-state index contributed by atoms with van der Waals surface area (Å²) in [4.78, 5) is 0. The minimum absolute atomic E-state index is 0.283. The third-order valence-electron chi connectivity index (χ3n) is 4.78. The highest BCUT2D eigenvalue weighted by Gasteiger charge is 2.21. The molecular weight excluding hydrogens is 372 g/mol. The lowest BCUT2D eigenvalue weighted by Crippen LogP contribution is -2.13. The molecule has 1 aliphatic rings. The van der Waals surface area contributed by atoms with Crippen LogP contribution in [-0.4, -0.2) is 64.1 Å². The van der Waals surface area contributed by atoms with Gasteiger partial charge in [-0.25, -0.2) is 0 Å². The zero-order chi connectivity index (χ0) is 19.9. The number of rotatable bonds is 12. The zero-order valence-electron chi connectivity index (χ0n) is 16.3. The summed E-state index contributed by atoms with van der Waals surface area (Å²) < 4.78 is 27.6. The van der Waals surface area contributed by atoms with E-state index in [-0.39, 0.29) is 5.75 Å². The van der Waals surface area contributed by atoms with Crippen LogP contribution in [0.4, 0.5) is 0 Å². The highest BCUT2D eigenvalue weighted by molar-refractivity contribution is 6.10. The first-order chi connectivity index (χ1) is 14.3. The van der Waals surface area contributed by atoms with Gasteiger partial charge in [0.15, 0.2) is 0 Å². The summed E-state index contributed by atoms with van der Waals surface area (Å²) in [5, 5.41) is 14.0. The molecule has 29 heavy (non-hydrogen) atoms. The number of phenolic OH excluding ortho intramolecular Hbond substituents is 1. The molecule has 3 aromatic rings. The molecule has 154 valence electrons. The Labute approximate surface area is 169 Å². The molecule has 0 amide bonds. The summed E-state index contributed by atoms with van der Waals surface area (Å²) in [6.45, 7) is 4.50. The smallest absolute Gasteiger partial charge is 0.135 e. The van der Waals surface area contributed by atoms with E-state index in [0.29, 0.717) is 52.4 Å². The van der Waals surface area contributed by atoms with Gasteiger partial charge in [0.2, 0.25) is 0 Å². The predicted molar refractivity (Wildman–Crippen MR) is 111 cm³/mol. The average molecular weight is 398 g/mol. The van der Waals surface area contributed by atoms with Crippen molar-refractivity contribution in [3.05, 3.63) is 48.5 Å². The van der Waals surface area contributed by atoms with Crippen LogP contribution in [-0.2, 0) is 18.9 Å². The maximum absolute atomic E-state index is 10.6. The van der Waals surface area contributed by atoms with Gasteiger partial charge in [-0.1, -0.05) is 48.5 Å². The van der Waals surface area contributed by atoms with Crippen molar-refractivity contribution in [1.29, 1.82) is 0 Å². The van der Waals surface area contributed by atoms with Crippen molar-refractivity contribution in [1.82, 2.24) is 0 Å². The van der Waals surface area contributed by atoms with Gasteiger partial charge in [0.1, 0.15) is 24.2 Å². The van der Waals surface area contributed by atoms with Crippen LogP contribution in [0, 0.1) is 0 Å². The molecule has 0 spiro atoms. The first-order valence-electron chi connectivity index (χ1n) is 9.94. The van der Waals surface area contributed by atoms with Gasteiger partial charge in [-0.2, -0.15) is 0 Å². The van der Waals surface area contributed by atoms with Crippen LogP contribution in [0.25, 0.3) is 21.5 Å². The highest BCUT2D eigenvalue weighted by Crippen LogP contribution is 2.41. The fraction of sp³-hybridized carbons (Fsp3) is 0.391. The molecule has 0 saturated carbocycles. The molecule has 6 nitrogen and oxygen atoms in total. The Morgan fingerprint density at radius 3 is 1.76 bits per heavy atom. The first kappa shape index (κ1) is 19.9. The zero-order valence-corrected chi connectivity index (χ0v) is 16.3. The van der Waals surface area contributed by atoms with Crippen LogP contribution in [0.2, 0.25) is 0 Å². The van der Waals surface area contributed by atoms with Gasteiger partial charge in [-0.3, -0.25) is 0 Å². The van der Waals surface area contributed by atoms with Gasteiger partial charge in [0, 0.05) is 21.5 Å². The van der Waals surface area contributed by atoms with Crippen LogP contribution in [0.3, 0.4) is 0 Å². The van der Waals surface area contributed by atoms with E-state index in [2.05, 4.69) is 0 Å². The molecule has 0 aliphatic carbocycles. The number of hydrogen-bond acceptors (Lipinski definition) is 6. The Morgan fingerprint density at radius 2 is 1.21 bits per heavy atom. The van der Waals surface area contributed by atoms with Crippen LogP contribution in [0.15, 0.2) is 48.5 Å². The Bertz CT molecular complexity index is 880. The first-order valence-corrected chi connectivity index (χ1v) is 9.94. The Morgan fingerprint density at radius 1 is 0.724 bits per heavy atom. The minimum atomic E-state index is 0.283. The third kappa shape index (κ3) is 5.16. The lowest BCUT2D eigenvalue weighted by molar-refractivity contribution is 0.00722. The second-order valence-electron chi connectivity index (χ2n) is 6.87. The number of phenols is 1. The molecule has 1 heterocycles. The number of epoxide rings is 1. The monoisotopic (exact) mass is 398 g/mol. The number of ether oxygens (including phenoxy) is 5. The largest absolute Gasteiger partial charge is 0.507 e. The summed E-state index contributed by atoms with van der Waals surface area (Å²) in [5.74, 6) is 1.05. The van der Waals surface area contributed by atoms with E-state index in [1.54, 1.807) is 0 Å². The highest BCUT2D eigenvalue weighted by atomic mass is 16.6. The normalized spacial score (nSPS) is 15.8. The van der Waals surface area contributed by atoms with Gasteiger partial charge < -0.3 is 28.8 Å². The van der Waals surface area contributed by atoms with E-state index in [0.717, 1.165) is 33.9 Å². The average Bonchev–Trinajstić information content (AvgIpc) is 3.58. The number of aromatic hydroxyl groups is 1. The second-order valence-corrected chi connectivity index (χ2v) is 6.87. The van der Waals surface area contributed by atoms with Crippen molar-refractivity contribution in [3.63, 3.8) is 0 Å². The molecule has 0 bridgehead atoms. The molecule has 4 rings (SSSR count).